The number of nitrogens with one attached hydrogen (secondary N) is 1. The molecule has 3 heteroatoms. The Labute approximate surface area is 135 Å². The lowest BCUT2D eigenvalue weighted by Crippen LogP contribution is -2.39. The number of piperidine rings is 1. The molecule has 2 heterocycles. The van der Waals surface area contributed by atoms with Gasteiger partial charge in [-0.25, -0.2) is 0 Å². The number of hydrogen-bond donors (Lipinski definition) is 1. The van der Waals surface area contributed by atoms with Gasteiger partial charge in [0.25, 0.3) is 0 Å². The fourth-order valence-corrected chi connectivity index (χ4v) is 3.83. The molecular weight excluding hydrogens is 270 g/mol. The van der Waals surface area contributed by atoms with Crippen molar-refractivity contribution in [2.45, 2.75) is 38.8 Å². The molecule has 0 aromatic heterocycles. The fourth-order valence-electron chi connectivity index (χ4n) is 3.83. The summed E-state index contributed by atoms with van der Waals surface area (Å²) in [6, 6.07) is 11.6. The van der Waals surface area contributed by atoms with Crippen molar-refractivity contribution in [2.24, 2.45) is 5.92 Å². The molecule has 3 rings (SSSR count). The molecule has 122 valence electrons. The molecule has 2 unspecified atom stereocenters. The van der Waals surface area contributed by atoms with Gasteiger partial charge >= 0.3 is 0 Å². The van der Waals surface area contributed by atoms with E-state index in [0.717, 1.165) is 12.5 Å². The highest BCUT2D eigenvalue weighted by Gasteiger charge is 2.23. The summed E-state index contributed by atoms with van der Waals surface area (Å²) in [4.78, 5) is 5.37. The van der Waals surface area contributed by atoms with Crippen LogP contribution in [-0.4, -0.2) is 55.1 Å². The van der Waals surface area contributed by atoms with Gasteiger partial charge in [-0.2, -0.15) is 0 Å². The summed E-state index contributed by atoms with van der Waals surface area (Å²) in [5.41, 5.74) is 1.44. The van der Waals surface area contributed by atoms with E-state index in [-0.39, 0.29) is 0 Å². The van der Waals surface area contributed by atoms with Crippen LogP contribution in [-0.2, 0) is 6.54 Å². The largest absolute Gasteiger partial charge is 0.316 e. The zero-order chi connectivity index (χ0) is 15.2. The van der Waals surface area contributed by atoms with Gasteiger partial charge in [-0.15, -0.1) is 0 Å². The molecule has 0 amide bonds. The maximum absolute atomic E-state index is 3.55. The van der Waals surface area contributed by atoms with Crippen LogP contribution in [0, 0.1) is 5.92 Å². The normalized spacial score (nSPS) is 28.4. The fraction of sp³-hybridized carbons (Fsp3) is 0.684. The summed E-state index contributed by atoms with van der Waals surface area (Å²) in [6.07, 6.45) is 4.06. The first-order valence-corrected chi connectivity index (χ1v) is 9.02. The highest BCUT2D eigenvalue weighted by Crippen LogP contribution is 2.17. The quantitative estimate of drug-likeness (QED) is 0.922. The van der Waals surface area contributed by atoms with E-state index in [2.05, 4.69) is 52.4 Å². The zero-order valence-electron chi connectivity index (χ0n) is 14.0. The second-order valence-corrected chi connectivity index (χ2v) is 7.11. The topological polar surface area (TPSA) is 18.5 Å². The van der Waals surface area contributed by atoms with E-state index in [1.165, 1.54) is 64.1 Å². The van der Waals surface area contributed by atoms with Gasteiger partial charge < -0.3 is 10.2 Å². The Morgan fingerprint density at radius 3 is 2.73 bits per heavy atom. The first-order valence-electron chi connectivity index (χ1n) is 9.02. The van der Waals surface area contributed by atoms with Gasteiger partial charge in [0.2, 0.25) is 0 Å². The van der Waals surface area contributed by atoms with Gasteiger partial charge in [-0.1, -0.05) is 30.3 Å². The van der Waals surface area contributed by atoms with E-state index in [1.54, 1.807) is 0 Å². The van der Waals surface area contributed by atoms with Crippen LogP contribution in [0.1, 0.15) is 31.7 Å². The van der Waals surface area contributed by atoms with Crippen LogP contribution >= 0.6 is 0 Å². The highest BCUT2D eigenvalue weighted by molar-refractivity contribution is 5.14. The van der Waals surface area contributed by atoms with Crippen molar-refractivity contribution >= 4 is 0 Å². The van der Waals surface area contributed by atoms with E-state index in [9.17, 15) is 0 Å². The third kappa shape index (κ3) is 4.55. The predicted molar refractivity (Wildman–Crippen MR) is 93.0 cm³/mol. The van der Waals surface area contributed by atoms with Crippen LogP contribution in [0.25, 0.3) is 0 Å². The van der Waals surface area contributed by atoms with Gasteiger partial charge in [0, 0.05) is 32.2 Å². The maximum Gasteiger partial charge on any atom is 0.0237 e. The minimum absolute atomic E-state index is 0.690. The Morgan fingerprint density at radius 1 is 1.09 bits per heavy atom. The lowest BCUT2D eigenvalue weighted by atomic mass is 9.99. The number of hydrogen-bond acceptors (Lipinski definition) is 3. The van der Waals surface area contributed by atoms with Crippen LogP contribution < -0.4 is 5.32 Å². The number of nitrogens with zero attached hydrogens (tertiary/aromatic N) is 2. The third-order valence-corrected chi connectivity index (χ3v) is 5.33. The predicted octanol–water partition coefficient (Wildman–Crippen LogP) is 2.58. The van der Waals surface area contributed by atoms with E-state index in [1.807, 2.05) is 0 Å². The molecule has 2 saturated heterocycles. The highest BCUT2D eigenvalue weighted by atomic mass is 15.2. The van der Waals surface area contributed by atoms with Gasteiger partial charge in [-0.05, 0) is 57.3 Å². The van der Waals surface area contributed by atoms with Crippen molar-refractivity contribution in [3.63, 3.8) is 0 Å². The lowest BCUT2D eigenvalue weighted by molar-refractivity contribution is 0.195. The first-order chi connectivity index (χ1) is 10.8. The molecular formula is C19H31N3. The molecule has 1 aromatic carbocycles. The Bertz CT molecular complexity index is 428. The SMILES string of the molecule is CC1CCN(CC2CCCNC2)CCN1Cc1ccccc1. The average molecular weight is 301 g/mol. The second-order valence-electron chi connectivity index (χ2n) is 7.11. The van der Waals surface area contributed by atoms with E-state index in [0.29, 0.717) is 6.04 Å². The van der Waals surface area contributed by atoms with Crippen molar-refractivity contribution in [3.05, 3.63) is 35.9 Å². The maximum atomic E-state index is 3.55. The lowest BCUT2D eigenvalue weighted by Gasteiger charge is -2.29. The second kappa shape index (κ2) is 8.09. The number of rotatable bonds is 4. The smallest absolute Gasteiger partial charge is 0.0237 e. The van der Waals surface area contributed by atoms with E-state index in [4.69, 9.17) is 0 Å². The van der Waals surface area contributed by atoms with Crippen molar-refractivity contribution in [1.29, 1.82) is 0 Å². The summed E-state index contributed by atoms with van der Waals surface area (Å²) in [7, 11) is 0. The molecule has 3 nitrogen and oxygen atoms in total. The Morgan fingerprint density at radius 2 is 1.95 bits per heavy atom. The van der Waals surface area contributed by atoms with Crippen LogP contribution in [0.5, 0.6) is 0 Å². The molecule has 1 aromatic rings. The molecule has 0 aliphatic carbocycles. The van der Waals surface area contributed by atoms with Crippen molar-refractivity contribution in [3.8, 4) is 0 Å². The first kappa shape index (κ1) is 16.0. The summed E-state index contributed by atoms with van der Waals surface area (Å²) in [6.45, 7) is 10.9. The van der Waals surface area contributed by atoms with Gasteiger partial charge in [0.15, 0.2) is 0 Å². The van der Waals surface area contributed by atoms with Crippen molar-refractivity contribution in [2.75, 3.05) is 39.3 Å². The van der Waals surface area contributed by atoms with E-state index >= 15 is 0 Å². The molecule has 2 atom stereocenters. The van der Waals surface area contributed by atoms with Crippen LogP contribution in [0.4, 0.5) is 0 Å². The standard InChI is InChI=1S/C19H31N3/c1-17-9-11-21(15-19-8-5-10-20-14-19)12-13-22(17)16-18-6-3-2-4-7-18/h2-4,6-7,17,19-20H,5,8-16H2,1H3. The molecule has 2 aliphatic heterocycles. The molecule has 2 aliphatic rings. The molecule has 1 N–H and O–H groups in total. The minimum atomic E-state index is 0.690. The molecule has 22 heavy (non-hydrogen) atoms. The molecule has 2 fully saturated rings. The van der Waals surface area contributed by atoms with Crippen LogP contribution in [0.2, 0.25) is 0 Å². The summed E-state index contributed by atoms with van der Waals surface area (Å²) >= 11 is 0. The molecule has 0 spiro atoms. The zero-order valence-corrected chi connectivity index (χ0v) is 14.0. The van der Waals surface area contributed by atoms with Crippen molar-refractivity contribution in [1.82, 2.24) is 15.1 Å². The van der Waals surface area contributed by atoms with Gasteiger partial charge in [0.05, 0.1) is 0 Å². The van der Waals surface area contributed by atoms with Crippen LogP contribution in [0.3, 0.4) is 0 Å². The average Bonchev–Trinajstić information content (AvgIpc) is 2.73. The monoisotopic (exact) mass is 301 g/mol. The minimum Gasteiger partial charge on any atom is -0.316 e. The Hall–Kier alpha value is -0.900. The Kier molecular flexibility index (Phi) is 5.88. The van der Waals surface area contributed by atoms with E-state index < -0.39 is 0 Å². The van der Waals surface area contributed by atoms with Crippen molar-refractivity contribution < 1.29 is 0 Å². The molecule has 0 bridgehead atoms. The summed E-state index contributed by atoms with van der Waals surface area (Å²) in [5.74, 6) is 0.865. The Balaban J connectivity index is 1.51. The third-order valence-electron chi connectivity index (χ3n) is 5.33. The van der Waals surface area contributed by atoms with Crippen LogP contribution in [0.15, 0.2) is 30.3 Å². The van der Waals surface area contributed by atoms with Gasteiger partial charge in [-0.3, -0.25) is 4.90 Å². The molecule has 0 saturated carbocycles. The molecule has 0 radical (unpaired) electrons. The summed E-state index contributed by atoms with van der Waals surface area (Å²) < 4.78 is 0. The summed E-state index contributed by atoms with van der Waals surface area (Å²) in [5, 5.41) is 3.55. The van der Waals surface area contributed by atoms with Gasteiger partial charge in [0.1, 0.15) is 0 Å². The number of benzene rings is 1.